The second-order valence-electron chi connectivity index (χ2n) is 2.06. The van der Waals surface area contributed by atoms with Gasteiger partial charge in [-0.3, -0.25) is 10.0 Å². The quantitative estimate of drug-likeness (QED) is 0.429. The van der Waals surface area contributed by atoms with Gasteiger partial charge in [0.2, 0.25) is 0 Å². The van der Waals surface area contributed by atoms with E-state index in [-0.39, 0.29) is 11.9 Å². The van der Waals surface area contributed by atoms with Crippen LogP contribution in [-0.4, -0.2) is 35.8 Å². The topological polar surface area (TPSA) is 52.6 Å². The van der Waals surface area contributed by atoms with Crippen molar-refractivity contribution in [1.82, 2.24) is 10.4 Å². The summed E-state index contributed by atoms with van der Waals surface area (Å²) in [5, 5.41) is 12.3. The third-order valence-electron chi connectivity index (χ3n) is 1.36. The van der Waals surface area contributed by atoms with Crippen molar-refractivity contribution in [2.45, 2.75) is 19.9 Å². The first-order valence-electron chi connectivity index (χ1n) is 3.31. The normalized spacial score (nSPS) is 12.8. The summed E-state index contributed by atoms with van der Waals surface area (Å²) in [5.74, 6) is -0.301. The van der Waals surface area contributed by atoms with Crippen molar-refractivity contribution in [1.29, 1.82) is 0 Å². The number of amides is 1. The number of nitrogens with one attached hydrogen (secondary N) is 1. The fourth-order valence-electron chi connectivity index (χ4n) is 0.503. The second kappa shape index (κ2) is 4.24. The average Bonchev–Trinajstić information content (AvgIpc) is 2.00. The van der Waals surface area contributed by atoms with Gasteiger partial charge < -0.3 is 5.32 Å². The molecule has 0 rings (SSSR count). The maximum absolute atomic E-state index is 10.9. The van der Waals surface area contributed by atoms with E-state index in [1.54, 1.807) is 20.9 Å². The number of rotatable bonds is 3. The monoisotopic (exact) mass is 146 g/mol. The largest absolute Gasteiger partial charge is 0.309 e. The number of hydroxylamine groups is 2. The van der Waals surface area contributed by atoms with Crippen LogP contribution in [0.1, 0.15) is 13.8 Å². The maximum atomic E-state index is 10.9. The third kappa shape index (κ3) is 2.33. The highest BCUT2D eigenvalue weighted by Gasteiger charge is 2.14. The lowest BCUT2D eigenvalue weighted by atomic mass is 10.3. The van der Waals surface area contributed by atoms with E-state index < -0.39 is 0 Å². The Morgan fingerprint density at radius 3 is 2.60 bits per heavy atom. The van der Waals surface area contributed by atoms with Gasteiger partial charge in [-0.1, -0.05) is 0 Å². The van der Waals surface area contributed by atoms with Crippen LogP contribution in [-0.2, 0) is 4.79 Å². The fourth-order valence-corrected chi connectivity index (χ4v) is 0.503. The van der Waals surface area contributed by atoms with Crippen LogP contribution in [0.2, 0.25) is 0 Å². The number of likely N-dealkylation sites (N-methyl/N-ethyl adjacent to an activating group) is 2. The highest BCUT2D eigenvalue weighted by molar-refractivity contribution is 5.80. The smallest absolute Gasteiger partial charge is 0.262 e. The molecule has 1 unspecified atom stereocenters. The Balaban J connectivity index is 3.82. The van der Waals surface area contributed by atoms with Crippen LogP contribution in [0.15, 0.2) is 0 Å². The summed E-state index contributed by atoms with van der Waals surface area (Å²) in [6, 6.07) is -0.315. The second-order valence-corrected chi connectivity index (χ2v) is 2.06. The molecule has 0 spiro atoms. The molecule has 0 aromatic rings. The van der Waals surface area contributed by atoms with Crippen LogP contribution >= 0.6 is 0 Å². The molecule has 4 nitrogen and oxygen atoms in total. The molecule has 0 aliphatic carbocycles. The van der Waals surface area contributed by atoms with E-state index in [2.05, 4.69) is 5.32 Å². The summed E-state index contributed by atoms with van der Waals surface area (Å²) < 4.78 is 0. The van der Waals surface area contributed by atoms with Crippen LogP contribution in [0.5, 0.6) is 0 Å². The van der Waals surface area contributed by atoms with Gasteiger partial charge in [0.25, 0.3) is 5.91 Å². The Bertz CT molecular complexity index is 104. The Labute approximate surface area is 60.8 Å². The zero-order valence-corrected chi connectivity index (χ0v) is 6.59. The molecule has 0 aliphatic heterocycles. The number of carbonyl (C=O) groups is 1. The van der Waals surface area contributed by atoms with E-state index in [4.69, 9.17) is 5.21 Å². The van der Waals surface area contributed by atoms with Gasteiger partial charge in [-0.15, -0.1) is 0 Å². The molecule has 4 heteroatoms. The van der Waals surface area contributed by atoms with Gasteiger partial charge in [0.1, 0.15) is 0 Å². The lowest BCUT2D eigenvalue weighted by Crippen LogP contribution is -2.41. The van der Waals surface area contributed by atoms with Crippen molar-refractivity contribution in [3.05, 3.63) is 0 Å². The molecule has 1 atom stereocenters. The summed E-state index contributed by atoms with van der Waals surface area (Å²) >= 11 is 0. The molecule has 0 fully saturated rings. The molecule has 10 heavy (non-hydrogen) atoms. The summed E-state index contributed by atoms with van der Waals surface area (Å²) in [6.07, 6.45) is 0. The van der Waals surface area contributed by atoms with Gasteiger partial charge in [0.05, 0.1) is 6.04 Å². The van der Waals surface area contributed by atoms with E-state index in [0.29, 0.717) is 11.6 Å². The van der Waals surface area contributed by atoms with Gasteiger partial charge in [-0.25, -0.2) is 5.06 Å². The van der Waals surface area contributed by atoms with Crippen molar-refractivity contribution in [2.75, 3.05) is 13.6 Å². The van der Waals surface area contributed by atoms with Crippen molar-refractivity contribution < 1.29 is 10.0 Å². The molecule has 0 saturated heterocycles. The predicted octanol–water partition coefficient (Wildman–Crippen LogP) is -0.168. The first-order chi connectivity index (χ1) is 4.63. The standard InChI is InChI=1S/C6H14N2O2/c1-4-8(10)6(9)5(2)7-3/h5,7,10H,4H2,1-3H3. The van der Waals surface area contributed by atoms with Crippen molar-refractivity contribution in [2.24, 2.45) is 0 Å². The van der Waals surface area contributed by atoms with E-state index in [0.717, 1.165) is 0 Å². The summed E-state index contributed by atoms with van der Waals surface area (Å²) in [4.78, 5) is 10.9. The average molecular weight is 146 g/mol. The third-order valence-corrected chi connectivity index (χ3v) is 1.36. The molecule has 0 aromatic heterocycles. The highest BCUT2D eigenvalue weighted by atomic mass is 16.5. The van der Waals surface area contributed by atoms with Gasteiger partial charge in [0, 0.05) is 6.54 Å². The molecular formula is C6H14N2O2. The first kappa shape index (κ1) is 9.39. The van der Waals surface area contributed by atoms with Crippen molar-refractivity contribution in [3.63, 3.8) is 0 Å². The van der Waals surface area contributed by atoms with Crippen molar-refractivity contribution in [3.8, 4) is 0 Å². The number of hydrogen-bond acceptors (Lipinski definition) is 3. The molecule has 0 heterocycles. The zero-order chi connectivity index (χ0) is 8.15. The van der Waals surface area contributed by atoms with Crippen LogP contribution in [0.3, 0.4) is 0 Å². The summed E-state index contributed by atoms with van der Waals surface area (Å²) in [6.45, 7) is 3.73. The molecule has 60 valence electrons. The Morgan fingerprint density at radius 2 is 2.30 bits per heavy atom. The highest BCUT2D eigenvalue weighted by Crippen LogP contribution is 1.88. The first-order valence-corrected chi connectivity index (χ1v) is 3.31. The van der Waals surface area contributed by atoms with Gasteiger partial charge in [0.15, 0.2) is 0 Å². The summed E-state index contributed by atoms with van der Waals surface area (Å²) in [5.41, 5.74) is 0. The lowest BCUT2D eigenvalue weighted by molar-refractivity contribution is -0.166. The van der Waals surface area contributed by atoms with Crippen LogP contribution in [0.25, 0.3) is 0 Å². The molecule has 0 aliphatic rings. The minimum absolute atomic E-state index is 0.301. The predicted molar refractivity (Wildman–Crippen MR) is 37.7 cm³/mol. The van der Waals surface area contributed by atoms with E-state index >= 15 is 0 Å². The zero-order valence-electron chi connectivity index (χ0n) is 6.59. The maximum Gasteiger partial charge on any atom is 0.262 e. The molecule has 1 amide bonds. The summed E-state index contributed by atoms with van der Waals surface area (Å²) in [7, 11) is 1.67. The van der Waals surface area contributed by atoms with Gasteiger partial charge >= 0.3 is 0 Å². The lowest BCUT2D eigenvalue weighted by Gasteiger charge is -2.16. The van der Waals surface area contributed by atoms with E-state index in [1.807, 2.05) is 0 Å². The van der Waals surface area contributed by atoms with Gasteiger partial charge in [-0.2, -0.15) is 0 Å². The van der Waals surface area contributed by atoms with Gasteiger partial charge in [-0.05, 0) is 20.9 Å². The van der Waals surface area contributed by atoms with Crippen LogP contribution < -0.4 is 5.32 Å². The minimum atomic E-state index is -0.315. The number of carbonyl (C=O) groups excluding carboxylic acids is 1. The minimum Gasteiger partial charge on any atom is -0.309 e. The Morgan fingerprint density at radius 1 is 1.80 bits per heavy atom. The Hall–Kier alpha value is -0.610. The Kier molecular flexibility index (Phi) is 3.99. The molecule has 0 radical (unpaired) electrons. The molecule has 0 aromatic carbocycles. The van der Waals surface area contributed by atoms with E-state index in [1.165, 1.54) is 0 Å². The SMILES string of the molecule is CCN(O)C(=O)C(C)NC. The molecule has 2 N–H and O–H groups in total. The number of hydrogen-bond donors (Lipinski definition) is 2. The van der Waals surface area contributed by atoms with E-state index in [9.17, 15) is 4.79 Å². The molecular weight excluding hydrogens is 132 g/mol. The number of nitrogens with zero attached hydrogens (tertiary/aromatic N) is 1. The fraction of sp³-hybridized carbons (Fsp3) is 0.833. The van der Waals surface area contributed by atoms with Crippen LogP contribution in [0, 0.1) is 0 Å². The van der Waals surface area contributed by atoms with Crippen LogP contribution in [0.4, 0.5) is 0 Å². The van der Waals surface area contributed by atoms with Crippen molar-refractivity contribution >= 4 is 5.91 Å². The molecule has 0 bridgehead atoms. The molecule has 0 saturated carbocycles.